The van der Waals surface area contributed by atoms with Gasteiger partial charge in [0, 0.05) is 0 Å². The average molecular weight is 172 g/mol. The molecular formula is C10H24N2. The standard InChI is InChI=1S/C10H24N2/c1-5-12-9-7-10(2,3)6-8-11-4/h11-12H,5-9H2,1-4H3. The highest BCUT2D eigenvalue weighted by atomic mass is 14.8. The van der Waals surface area contributed by atoms with Gasteiger partial charge in [-0.1, -0.05) is 20.8 Å². The van der Waals surface area contributed by atoms with Crippen molar-refractivity contribution in [2.75, 3.05) is 26.7 Å². The van der Waals surface area contributed by atoms with Crippen molar-refractivity contribution in [3.8, 4) is 0 Å². The second kappa shape index (κ2) is 6.44. The number of hydrogen-bond acceptors (Lipinski definition) is 2. The van der Waals surface area contributed by atoms with Gasteiger partial charge >= 0.3 is 0 Å². The monoisotopic (exact) mass is 172 g/mol. The fourth-order valence-corrected chi connectivity index (χ4v) is 1.19. The molecule has 74 valence electrons. The largest absolute Gasteiger partial charge is 0.320 e. The smallest absolute Gasteiger partial charge is 0.00439 e. The first-order valence-electron chi connectivity index (χ1n) is 4.97. The lowest BCUT2D eigenvalue weighted by molar-refractivity contribution is 0.301. The topological polar surface area (TPSA) is 24.1 Å². The predicted octanol–water partition coefficient (Wildman–Crippen LogP) is 1.62. The first-order valence-corrected chi connectivity index (χ1v) is 4.97. The predicted molar refractivity (Wildman–Crippen MR) is 55.5 cm³/mol. The van der Waals surface area contributed by atoms with Crippen molar-refractivity contribution in [1.82, 2.24) is 10.6 Å². The first-order chi connectivity index (χ1) is 5.62. The summed E-state index contributed by atoms with van der Waals surface area (Å²) in [7, 11) is 2.01. The maximum absolute atomic E-state index is 3.36. The van der Waals surface area contributed by atoms with E-state index < -0.39 is 0 Å². The van der Waals surface area contributed by atoms with Gasteiger partial charge in [-0.15, -0.1) is 0 Å². The zero-order valence-corrected chi connectivity index (χ0v) is 9.04. The van der Waals surface area contributed by atoms with E-state index in [9.17, 15) is 0 Å². The van der Waals surface area contributed by atoms with Crippen LogP contribution in [0.5, 0.6) is 0 Å². The second-order valence-electron chi connectivity index (χ2n) is 4.12. The molecule has 0 aliphatic carbocycles. The molecule has 0 rings (SSSR count). The van der Waals surface area contributed by atoms with Gasteiger partial charge in [-0.3, -0.25) is 0 Å². The molecule has 0 bridgehead atoms. The minimum Gasteiger partial charge on any atom is -0.320 e. The maximum atomic E-state index is 3.36. The Bertz CT molecular complexity index is 100. The lowest BCUT2D eigenvalue weighted by Gasteiger charge is -2.24. The first kappa shape index (κ1) is 11.9. The normalized spacial score (nSPS) is 12.0. The molecule has 0 unspecified atom stereocenters. The van der Waals surface area contributed by atoms with Crippen LogP contribution in [0.25, 0.3) is 0 Å². The van der Waals surface area contributed by atoms with Gasteiger partial charge < -0.3 is 10.6 Å². The molecular weight excluding hydrogens is 148 g/mol. The van der Waals surface area contributed by atoms with Crippen molar-refractivity contribution < 1.29 is 0 Å². The van der Waals surface area contributed by atoms with E-state index in [-0.39, 0.29) is 0 Å². The van der Waals surface area contributed by atoms with Gasteiger partial charge in [0.05, 0.1) is 0 Å². The molecule has 0 fully saturated rings. The Labute approximate surface area is 77.1 Å². The van der Waals surface area contributed by atoms with E-state index in [1.165, 1.54) is 12.8 Å². The third-order valence-corrected chi connectivity index (χ3v) is 2.28. The fraction of sp³-hybridized carbons (Fsp3) is 1.00. The highest BCUT2D eigenvalue weighted by Gasteiger charge is 2.15. The van der Waals surface area contributed by atoms with Crippen molar-refractivity contribution in [3.63, 3.8) is 0 Å². The molecule has 2 nitrogen and oxygen atoms in total. The molecule has 0 heterocycles. The van der Waals surface area contributed by atoms with Crippen LogP contribution in [-0.4, -0.2) is 26.7 Å². The summed E-state index contributed by atoms with van der Waals surface area (Å²) < 4.78 is 0. The Morgan fingerprint density at radius 1 is 1.08 bits per heavy atom. The summed E-state index contributed by atoms with van der Waals surface area (Å²) in [4.78, 5) is 0. The van der Waals surface area contributed by atoms with Crippen molar-refractivity contribution in [3.05, 3.63) is 0 Å². The molecule has 0 saturated heterocycles. The Kier molecular flexibility index (Phi) is 6.39. The highest BCUT2D eigenvalue weighted by Crippen LogP contribution is 2.23. The van der Waals surface area contributed by atoms with E-state index in [0.717, 1.165) is 19.6 Å². The van der Waals surface area contributed by atoms with E-state index >= 15 is 0 Å². The molecule has 0 spiro atoms. The summed E-state index contributed by atoms with van der Waals surface area (Å²) in [5, 5.41) is 6.55. The summed E-state index contributed by atoms with van der Waals surface area (Å²) in [6, 6.07) is 0. The van der Waals surface area contributed by atoms with Crippen LogP contribution in [0, 0.1) is 5.41 Å². The molecule has 2 heteroatoms. The van der Waals surface area contributed by atoms with E-state index in [1.54, 1.807) is 0 Å². The summed E-state index contributed by atoms with van der Waals surface area (Å²) in [6.45, 7) is 10.2. The molecule has 0 saturated carbocycles. The van der Waals surface area contributed by atoms with E-state index in [1.807, 2.05) is 7.05 Å². The molecule has 0 aliphatic heterocycles. The van der Waals surface area contributed by atoms with Crippen LogP contribution in [0.1, 0.15) is 33.6 Å². The van der Waals surface area contributed by atoms with Crippen molar-refractivity contribution in [1.29, 1.82) is 0 Å². The SMILES string of the molecule is CCNCCC(C)(C)CCNC. The van der Waals surface area contributed by atoms with Crippen LogP contribution < -0.4 is 10.6 Å². The quantitative estimate of drug-likeness (QED) is 0.570. The van der Waals surface area contributed by atoms with E-state index in [2.05, 4.69) is 31.4 Å². The Hall–Kier alpha value is -0.0800. The van der Waals surface area contributed by atoms with Gasteiger partial charge in [0.25, 0.3) is 0 Å². The van der Waals surface area contributed by atoms with Crippen molar-refractivity contribution in [2.45, 2.75) is 33.6 Å². The van der Waals surface area contributed by atoms with Crippen LogP contribution in [0.3, 0.4) is 0 Å². The minimum atomic E-state index is 0.477. The summed E-state index contributed by atoms with van der Waals surface area (Å²) in [5.74, 6) is 0. The molecule has 0 aromatic heterocycles. The van der Waals surface area contributed by atoms with Gasteiger partial charge in [-0.2, -0.15) is 0 Å². The Balaban J connectivity index is 3.42. The molecule has 0 amide bonds. The summed E-state index contributed by atoms with van der Waals surface area (Å²) >= 11 is 0. The van der Waals surface area contributed by atoms with E-state index in [4.69, 9.17) is 0 Å². The third kappa shape index (κ3) is 6.62. The van der Waals surface area contributed by atoms with Gasteiger partial charge in [-0.05, 0) is 44.9 Å². The number of nitrogens with one attached hydrogen (secondary N) is 2. The van der Waals surface area contributed by atoms with Gasteiger partial charge in [-0.25, -0.2) is 0 Å². The van der Waals surface area contributed by atoms with Crippen LogP contribution in [0.2, 0.25) is 0 Å². The molecule has 0 aliphatic rings. The molecule has 2 N–H and O–H groups in total. The third-order valence-electron chi connectivity index (χ3n) is 2.28. The van der Waals surface area contributed by atoms with Crippen LogP contribution in [0.4, 0.5) is 0 Å². The lowest BCUT2D eigenvalue weighted by atomic mass is 9.86. The summed E-state index contributed by atoms with van der Waals surface area (Å²) in [6.07, 6.45) is 2.53. The molecule has 0 aromatic rings. The maximum Gasteiger partial charge on any atom is -0.00439 e. The zero-order chi connectivity index (χ0) is 9.45. The summed E-state index contributed by atoms with van der Waals surface area (Å²) in [5.41, 5.74) is 0.477. The zero-order valence-electron chi connectivity index (χ0n) is 9.04. The fourth-order valence-electron chi connectivity index (χ4n) is 1.19. The second-order valence-corrected chi connectivity index (χ2v) is 4.12. The molecule has 12 heavy (non-hydrogen) atoms. The Morgan fingerprint density at radius 3 is 2.17 bits per heavy atom. The van der Waals surface area contributed by atoms with Crippen LogP contribution in [0.15, 0.2) is 0 Å². The van der Waals surface area contributed by atoms with Gasteiger partial charge in [0.2, 0.25) is 0 Å². The number of hydrogen-bond donors (Lipinski definition) is 2. The average Bonchev–Trinajstić information content (AvgIpc) is 2.01. The lowest BCUT2D eigenvalue weighted by Crippen LogP contribution is -2.25. The van der Waals surface area contributed by atoms with Crippen LogP contribution >= 0.6 is 0 Å². The van der Waals surface area contributed by atoms with Gasteiger partial charge in [0.15, 0.2) is 0 Å². The minimum absolute atomic E-state index is 0.477. The highest BCUT2D eigenvalue weighted by molar-refractivity contribution is 4.70. The van der Waals surface area contributed by atoms with E-state index in [0.29, 0.717) is 5.41 Å². The van der Waals surface area contributed by atoms with Crippen LogP contribution in [-0.2, 0) is 0 Å². The molecule has 0 atom stereocenters. The molecule has 0 aromatic carbocycles. The van der Waals surface area contributed by atoms with Crippen molar-refractivity contribution in [2.24, 2.45) is 5.41 Å². The number of rotatable bonds is 7. The molecule has 0 radical (unpaired) electrons. The Morgan fingerprint density at radius 2 is 1.67 bits per heavy atom. The van der Waals surface area contributed by atoms with Crippen molar-refractivity contribution >= 4 is 0 Å². The van der Waals surface area contributed by atoms with Gasteiger partial charge in [0.1, 0.15) is 0 Å².